The normalized spacial score (nSPS) is 10.4. The van der Waals surface area contributed by atoms with E-state index in [2.05, 4.69) is 31.4 Å². The molecule has 0 radical (unpaired) electrons. The lowest BCUT2D eigenvalue weighted by Crippen LogP contribution is -2.16. The largest absolute Gasteiger partial charge is 0.397 e. The van der Waals surface area contributed by atoms with Crippen molar-refractivity contribution < 1.29 is 4.79 Å². The number of nitrogens with two attached hydrogens (primary N) is 1. The number of halogens is 1. The standard InChI is InChI=1S/C14H15BrN4O/c1-7-4-11(15)13(12(16)5-7)17-14(20)10-6-8(2)18-19-9(10)3/h4-6H,16H2,1-3H3,(H,17,20). The van der Waals surface area contributed by atoms with Gasteiger partial charge in [0.25, 0.3) is 5.91 Å². The van der Waals surface area contributed by atoms with Crippen LogP contribution in [0.5, 0.6) is 0 Å². The predicted octanol–water partition coefficient (Wildman–Crippen LogP) is 3.00. The number of nitrogens with one attached hydrogen (secondary N) is 1. The summed E-state index contributed by atoms with van der Waals surface area (Å²) in [7, 11) is 0. The van der Waals surface area contributed by atoms with Crippen molar-refractivity contribution in [2.24, 2.45) is 0 Å². The van der Waals surface area contributed by atoms with E-state index in [1.54, 1.807) is 19.9 Å². The Morgan fingerprint density at radius 3 is 2.55 bits per heavy atom. The molecule has 0 unspecified atom stereocenters. The minimum Gasteiger partial charge on any atom is -0.397 e. The molecule has 0 aliphatic carbocycles. The second-order valence-corrected chi connectivity index (χ2v) is 5.50. The summed E-state index contributed by atoms with van der Waals surface area (Å²) in [5.74, 6) is -0.253. The van der Waals surface area contributed by atoms with Crippen molar-refractivity contribution in [3.63, 3.8) is 0 Å². The third kappa shape index (κ3) is 2.96. The van der Waals surface area contributed by atoms with E-state index in [-0.39, 0.29) is 5.91 Å². The number of amides is 1. The topological polar surface area (TPSA) is 80.9 Å². The van der Waals surface area contributed by atoms with Gasteiger partial charge in [0.1, 0.15) is 0 Å². The highest BCUT2D eigenvalue weighted by molar-refractivity contribution is 9.10. The van der Waals surface area contributed by atoms with Gasteiger partial charge >= 0.3 is 0 Å². The van der Waals surface area contributed by atoms with Crippen LogP contribution in [0, 0.1) is 20.8 Å². The molecule has 3 N–H and O–H groups in total. The van der Waals surface area contributed by atoms with E-state index < -0.39 is 0 Å². The zero-order chi connectivity index (χ0) is 14.9. The number of aryl methyl sites for hydroxylation is 3. The summed E-state index contributed by atoms with van der Waals surface area (Å²) in [5.41, 5.74) is 9.80. The third-order valence-electron chi connectivity index (χ3n) is 2.85. The first-order valence-corrected chi connectivity index (χ1v) is 6.85. The number of aromatic nitrogens is 2. The molecule has 1 heterocycles. The maximum Gasteiger partial charge on any atom is 0.257 e. The van der Waals surface area contributed by atoms with Crippen LogP contribution >= 0.6 is 15.9 Å². The Morgan fingerprint density at radius 1 is 1.20 bits per heavy atom. The van der Waals surface area contributed by atoms with Crippen molar-refractivity contribution in [3.8, 4) is 0 Å². The molecule has 1 aromatic heterocycles. The van der Waals surface area contributed by atoms with E-state index in [0.717, 1.165) is 10.0 Å². The van der Waals surface area contributed by atoms with Gasteiger partial charge in [-0.3, -0.25) is 4.79 Å². The van der Waals surface area contributed by atoms with Crippen LogP contribution in [0.25, 0.3) is 0 Å². The number of rotatable bonds is 2. The number of nitrogens with zero attached hydrogens (tertiary/aromatic N) is 2. The molecule has 104 valence electrons. The maximum atomic E-state index is 12.3. The van der Waals surface area contributed by atoms with Gasteiger partial charge < -0.3 is 11.1 Å². The summed E-state index contributed by atoms with van der Waals surface area (Å²) in [6, 6.07) is 5.41. The van der Waals surface area contributed by atoms with Crippen molar-refractivity contribution in [3.05, 3.63) is 45.2 Å². The second kappa shape index (κ2) is 5.58. The van der Waals surface area contributed by atoms with Crippen molar-refractivity contribution in [2.75, 3.05) is 11.1 Å². The molecule has 1 amide bonds. The molecule has 0 saturated carbocycles. The average molecular weight is 335 g/mol. The smallest absolute Gasteiger partial charge is 0.257 e. The number of carbonyl (C=O) groups is 1. The molecular formula is C14H15BrN4O. The van der Waals surface area contributed by atoms with Gasteiger partial charge in [0.15, 0.2) is 0 Å². The number of hydrogen-bond donors (Lipinski definition) is 2. The van der Waals surface area contributed by atoms with Gasteiger partial charge in [-0.05, 0) is 60.5 Å². The Bertz CT molecular complexity index is 662. The van der Waals surface area contributed by atoms with Crippen molar-refractivity contribution >= 4 is 33.2 Å². The molecule has 0 saturated heterocycles. The van der Waals surface area contributed by atoms with E-state index in [9.17, 15) is 4.79 Å². The van der Waals surface area contributed by atoms with Gasteiger partial charge in [-0.25, -0.2) is 0 Å². The van der Waals surface area contributed by atoms with E-state index in [0.29, 0.717) is 28.3 Å². The molecule has 5 nitrogen and oxygen atoms in total. The van der Waals surface area contributed by atoms with Crippen LogP contribution in [0.3, 0.4) is 0 Å². The lowest BCUT2D eigenvalue weighted by molar-refractivity contribution is 0.102. The molecule has 0 bridgehead atoms. The van der Waals surface area contributed by atoms with Crippen LogP contribution in [0.4, 0.5) is 11.4 Å². The van der Waals surface area contributed by atoms with E-state index in [1.807, 2.05) is 19.1 Å². The van der Waals surface area contributed by atoms with Crippen molar-refractivity contribution in [1.82, 2.24) is 10.2 Å². The zero-order valence-corrected chi connectivity index (χ0v) is 13.1. The Labute approximate surface area is 125 Å². The van der Waals surface area contributed by atoms with Gasteiger partial charge in [0, 0.05) is 4.47 Å². The van der Waals surface area contributed by atoms with Crippen molar-refractivity contribution in [2.45, 2.75) is 20.8 Å². The van der Waals surface area contributed by atoms with Crippen LogP contribution in [0.1, 0.15) is 27.3 Å². The highest BCUT2D eigenvalue weighted by Gasteiger charge is 2.14. The predicted molar refractivity (Wildman–Crippen MR) is 82.8 cm³/mol. The van der Waals surface area contributed by atoms with Gasteiger partial charge in [0.05, 0.1) is 28.3 Å². The molecule has 0 atom stereocenters. The second-order valence-electron chi connectivity index (χ2n) is 4.65. The molecule has 2 aromatic rings. The highest BCUT2D eigenvalue weighted by Crippen LogP contribution is 2.30. The summed E-state index contributed by atoms with van der Waals surface area (Å²) in [5, 5.41) is 10.7. The first-order valence-electron chi connectivity index (χ1n) is 6.06. The Hall–Kier alpha value is -1.95. The minimum atomic E-state index is -0.253. The molecular weight excluding hydrogens is 320 g/mol. The number of carbonyl (C=O) groups excluding carboxylic acids is 1. The number of nitrogen functional groups attached to an aromatic ring is 1. The van der Waals surface area contributed by atoms with Gasteiger partial charge in [-0.15, -0.1) is 0 Å². The average Bonchev–Trinajstić information content (AvgIpc) is 2.36. The summed E-state index contributed by atoms with van der Waals surface area (Å²) < 4.78 is 0.750. The summed E-state index contributed by atoms with van der Waals surface area (Å²) >= 11 is 3.41. The first-order chi connectivity index (χ1) is 9.38. The molecule has 20 heavy (non-hydrogen) atoms. The maximum absolute atomic E-state index is 12.3. The minimum absolute atomic E-state index is 0.253. The van der Waals surface area contributed by atoms with E-state index >= 15 is 0 Å². The zero-order valence-electron chi connectivity index (χ0n) is 11.5. The third-order valence-corrected chi connectivity index (χ3v) is 3.47. The fourth-order valence-electron chi connectivity index (χ4n) is 1.86. The van der Waals surface area contributed by atoms with Crippen LogP contribution in [0.2, 0.25) is 0 Å². The van der Waals surface area contributed by atoms with Gasteiger partial charge in [-0.1, -0.05) is 0 Å². The molecule has 0 aliphatic heterocycles. The number of benzene rings is 1. The van der Waals surface area contributed by atoms with Crippen LogP contribution in [-0.2, 0) is 0 Å². The molecule has 1 aromatic carbocycles. The van der Waals surface area contributed by atoms with Crippen LogP contribution in [-0.4, -0.2) is 16.1 Å². The van der Waals surface area contributed by atoms with E-state index in [4.69, 9.17) is 5.73 Å². The van der Waals surface area contributed by atoms with Crippen LogP contribution < -0.4 is 11.1 Å². The summed E-state index contributed by atoms with van der Waals surface area (Å²) in [6.07, 6.45) is 0. The number of hydrogen-bond acceptors (Lipinski definition) is 4. The van der Waals surface area contributed by atoms with E-state index in [1.165, 1.54) is 0 Å². The molecule has 2 rings (SSSR count). The monoisotopic (exact) mass is 334 g/mol. The lowest BCUT2D eigenvalue weighted by atomic mass is 10.1. The summed E-state index contributed by atoms with van der Waals surface area (Å²) in [4.78, 5) is 12.3. The SMILES string of the molecule is Cc1cc(N)c(NC(=O)c2cc(C)nnc2C)c(Br)c1. The molecule has 6 heteroatoms. The van der Waals surface area contributed by atoms with Gasteiger partial charge in [0.2, 0.25) is 0 Å². The Balaban J connectivity index is 2.35. The summed E-state index contributed by atoms with van der Waals surface area (Å²) in [6.45, 7) is 5.47. The fraction of sp³-hybridized carbons (Fsp3) is 0.214. The quantitative estimate of drug-likeness (QED) is 0.827. The van der Waals surface area contributed by atoms with Crippen LogP contribution in [0.15, 0.2) is 22.7 Å². The number of anilines is 2. The molecule has 0 aliphatic rings. The first kappa shape index (κ1) is 14.5. The van der Waals surface area contributed by atoms with Gasteiger partial charge in [-0.2, -0.15) is 10.2 Å². The Morgan fingerprint density at radius 2 is 1.90 bits per heavy atom. The lowest BCUT2D eigenvalue weighted by Gasteiger charge is -2.12. The molecule has 0 fully saturated rings. The molecule has 0 spiro atoms. The Kier molecular flexibility index (Phi) is 4.04. The fourth-order valence-corrected chi connectivity index (χ4v) is 2.55. The van der Waals surface area contributed by atoms with Crippen molar-refractivity contribution in [1.29, 1.82) is 0 Å². The highest BCUT2D eigenvalue weighted by atomic mass is 79.9.